The molecule has 1 aromatic carbocycles. The molecule has 2 bridgehead atoms. The number of methoxy groups -OCH3 is 1. The molecule has 1 fully saturated rings. The molecule has 1 unspecified atom stereocenters. The van der Waals surface area contributed by atoms with E-state index >= 15 is 0 Å². The Balaban J connectivity index is 1.54. The Morgan fingerprint density at radius 1 is 1.18 bits per heavy atom. The Labute approximate surface area is 239 Å². The third-order valence-electron chi connectivity index (χ3n) is 8.67. The third-order valence-corrected chi connectivity index (χ3v) is 10.1. The van der Waals surface area contributed by atoms with Crippen molar-refractivity contribution in [3.05, 3.63) is 70.0 Å². The fourth-order valence-electron chi connectivity index (χ4n) is 6.29. The smallest absolute Gasteiger partial charge is 0.249 e. The summed E-state index contributed by atoms with van der Waals surface area (Å²) in [7, 11) is 0.238. The lowest BCUT2D eigenvalue weighted by molar-refractivity contribution is -0.114. The molecule has 8 heteroatoms. The molecule has 2 aliphatic heterocycles. The molecule has 39 heavy (non-hydrogen) atoms. The monoisotopic (exact) mass is 571 g/mol. The maximum atomic E-state index is 13.2. The molecule has 1 amide bonds. The standard InChI is InChI=1S/C31H40ClN2O4S/c1-21-6-5-8-29(37-2)27-13-10-25(27)19-34-18-24-9-12-26(32)16-22(24)7-3-4-15-38-30-14-11-23(17-28(30)34)31(35)33-39(36)20-21/h5,8-9,11-12,14,16,21,25,27-29H,3-4,6-7,10,13,15,17-20H2,1-2H3/q-1/b8-5+/t21-,25-,27+,28?,29-/m0/s1. The van der Waals surface area contributed by atoms with E-state index in [4.69, 9.17) is 21.1 Å². The zero-order valence-electron chi connectivity index (χ0n) is 23.0. The average Bonchev–Trinajstić information content (AvgIpc) is 2.92. The molecule has 0 radical (unpaired) electrons. The Morgan fingerprint density at radius 2 is 2.05 bits per heavy atom. The van der Waals surface area contributed by atoms with Crippen molar-refractivity contribution in [2.75, 3.05) is 26.0 Å². The number of aryl methyl sites for hydroxylation is 1. The second-order valence-corrected chi connectivity index (χ2v) is 13.1. The fraction of sp³-hybridized carbons (Fsp3) is 0.581. The van der Waals surface area contributed by atoms with Gasteiger partial charge in [0.05, 0.1) is 18.8 Å². The summed E-state index contributed by atoms with van der Waals surface area (Å²) >= 11 is 6.41. The van der Waals surface area contributed by atoms with E-state index in [2.05, 4.69) is 40.5 Å². The van der Waals surface area contributed by atoms with E-state index in [1.807, 2.05) is 18.2 Å². The minimum Gasteiger partial charge on any atom is -0.496 e. The summed E-state index contributed by atoms with van der Waals surface area (Å²) in [5, 5.41) is 0.764. The molecule has 2 heterocycles. The van der Waals surface area contributed by atoms with Crippen molar-refractivity contribution in [3.8, 4) is 0 Å². The van der Waals surface area contributed by atoms with Gasteiger partial charge in [0.25, 0.3) is 0 Å². The van der Waals surface area contributed by atoms with Gasteiger partial charge in [0.2, 0.25) is 5.91 Å². The molecule has 212 valence electrons. The number of hydrogen-bond acceptors (Lipinski definition) is 6. The lowest BCUT2D eigenvalue weighted by atomic mass is 9.70. The van der Waals surface area contributed by atoms with Crippen molar-refractivity contribution in [1.82, 2.24) is 4.90 Å². The zero-order valence-corrected chi connectivity index (χ0v) is 24.6. The summed E-state index contributed by atoms with van der Waals surface area (Å²) in [5.41, 5.74) is 3.15. The molecular weight excluding hydrogens is 532 g/mol. The first-order valence-corrected chi connectivity index (χ1v) is 16.0. The number of nitrogens with zero attached hydrogens (tertiary/aromatic N) is 2. The predicted molar refractivity (Wildman–Crippen MR) is 156 cm³/mol. The molecule has 1 aromatic rings. The van der Waals surface area contributed by atoms with Crippen molar-refractivity contribution in [3.63, 3.8) is 0 Å². The van der Waals surface area contributed by atoms with Crippen LogP contribution in [0.25, 0.3) is 0 Å². The van der Waals surface area contributed by atoms with E-state index in [1.165, 1.54) is 11.1 Å². The molecule has 6 nitrogen and oxygen atoms in total. The molecule has 2 aliphatic carbocycles. The van der Waals surface area contributed by atoms with Gasteiger partial charge in [-0.2, -0.15) is 10.6 Å². The largest absolute Gasteiger partial charge is 0.496 e. The topological polar surface area (TPSA) is 68.2 Å². The van der Waals surface area contributed by atoms with Crippen molar-refractivity contribution >= 4 is 28.1 Å². The van der Waals surface area contributed by atoms with E-state index in [9.17, 15) is 9.00 Å². The van der Waals surface area contributed by atoms with Crippen molar-refractivity contribution < 1.29 is 18.5 Å². The number of fused-ring (bicyclic) bond motifs is 3. The van der Waals surface area contributed by atoms with Crippen LogP contribution < -0.4 is 0 Å². The summed E-state index contributed by atoms with van der Waals surface area (Å²) in [6, 6.07) is 6.14. The molecule has 0 spiro atoms. The highest BCUT2D eigenvalue weighted by Gasteiger charge is 2.40. The van der Waals surface area contributed by atoms with Crippen LogP contribution in [0, 0.1) is 17.8 Å². The van der Waals surface area contributed by atoms with E-state index < -0.39 is 10.6 Å². The quantitative estimate of drug-likeness (QED) is 0.289. The van der Waals surface area contributed by atoms with Crippen LogP contribution in [0.4, 0.5) is 0 Å². The van der Waals surface area contributed by atoms with Gasteiger partial charge in [0, 0.05) is 37.2 Å². The molecule has 5 rings (SSSR count). The SMILES string of the molecule is CO[C@H]1/C=C/C[C@H](C)C[S-](=O)=NC(=O)C2=CC=C3OCCCCc4cc(Cl)ccc4CN(C[C@@H]4CC[C@H]41)C3C2. The number of rotatable bonds is 1. The summed E-state index contributed by atoms with van der Waals surface area (Å²) in [6.07, 6.45) is 14.7. The second-order valence-electron chi connectivity index (χ2n) is 11.5. The van der Waals surface area contributed by atoms with E-state index in [0.717, 1.165) is 62.4 Å². The van der Waals surface area contributed by atoms with Gasteiger partial charge in [-0.1, -0.05) is 54.5 Å². The molecular formula is C31H40ClN2O4S-. The first-order chi connectivity index (χ1) is 18.9. The van der Waals surface area contributed by atoms with Crippen LogP contribution in [-0.2, 0) is 42.0 Å². The lowest BCUT2D eigenvalue weighted by Gasteiger charge is -2.45. The molecule has 5 atom stereocenters. The summed E-state index contributed by atoms with van der Waals surface area (Å²) in [5.74, 6) is 1.98. The van der Waals surface area contributed by atoms with Crippen molar-refractivity contribution in [1.29, 1.82) is 0 Å². The highest BCUT2D eigenvalue weighted by molar-refractivity contribution is 7.75. The van der Waals surface area contributed by atoms with E-state index in [-0.39, 0.29) is 24.0 Å². The number of ether oxygens (including phenoxy) is 2. The van der Waals surface area contributed by atoms with Crippen LogP contribution in [0.3, 0.4) is 0 Å². The highest BCUT2D eigenvalue weighted by atomic mass is 35.5. The Hall–Kier alpha value is -1.93. The predicted octanol–water partition coefficient (Wildman–Crippen LogP) is 6.39. The molecule has 1 saturated carbocycles. The first-order valence-electron chi connectivity index (χ1n) is 14.3. The number of halogens is 1. The number of hydrogen-bond donors (Lipinski definition) is 0. The number of carbonyl (C=O) groups excluding carboxylic acids is 1. The third kappa shape index (κ3) is 7.05. The molecule has 0 N–H and O–H groups in total. The maximum Gasteiger partial charge on any atom is 0.249 e. The van der Waals surface area contributed by atoms with Gasteiger partial charge in [-0.15, -0.1) is 0 Å². The average molecular weight is 572 g/mol. The molecule has 0 aromatic heterocycles. The van der Waals surface area contributed by atoms with Crippen molar-refractivity contribution in [2.45, 2.75) is 70.6 Å². The highest BCUT2D eigenvalue weighted by Crippen LogP contribution is 2.41. The number of benzene rings is 1. The van der Waals surface area contributed by atoms with Crippen LogP contribution >= 0.6 is 11.6 Å². The fourth-order valence-corrected chi connectivity index (χ4v) is 7.48. The summed E-state index contributed by atoms with van der Waals surface area (Å²) in [6.45, 7) is 4.32. The minimum atomic E-state index is -1.56. The Bertz CT molecular complexity index is 1230. The summed E-state index contributed by atoms with van der Waals surface area (Å²) < 4.78 is 29.2. The van der Waals surface area contributed by atoms with Crippen LogP contribution in [0.5, 0.6) is 0 Å². The van der Waals surface area contributed by atoms with Gasteiger partial charge < -0.3 is 18.0 Å². The van der Waals surface area contributed by atoms with E-state index in [1.54, 1.807) is 7.11 Å². The molecule has 4 aliphatic rings. The van der Waals surface area contributed by atoms with Gasteiger partial charge >= 0.3 is 0 Å². The first kappa shape index (κ1) is 28.6. The van der Waals surface area contributed by atoms with Crippen LogP contribution in [-0.4, -0.2) is 49.0 Å². The Morgan fingerprint density at radius 3 is 2.85 bits per heavy atom. The molecule has 0 saturated heterocycles. The number of allylic oxidation sites excluding steroid dienone is 3. The van der Waals surface area contributed by atoms with Crippen LogP contribution in [0.15, 0.2) is 58.2 Å². The van der Waals surface area contributed by atoms with Gasteiger partial charge in [-0.05, 0) is 79.7 Å². The number of carbonyl (C=O) groups is 1. The maximum absolute atomic E-state index is 13.2. The van der Waals surface area contributed by atoms with Crippen LogP contribution in [0.1, 0.15) is 56.6 Å². The van der Waals surface area contributed by atoms with E-state index in [0.29, 0.717) is 36.2 Å². The van der Waals surface area contributed by atoms with Crippen molar-refractivity contribution in [2.24, 2.45) is 22.1 Å². The normalized spacial score (nSPS) is 32.1. The van der Waals surface area contributed by atoms with Gasteiger partial charge in [-0.3, -0.25) is 9.69 Å². The number of amides is 1. The van der Waals surface area contributed by atoms with Crippen LogP contribution in [0.2, 0.25) is 5.02 Å². The van der Waals surface area contributed by atoms with Gasteiger partial charge in [0.1, 0.15) is 5.76 Å². The lowest BCUT2D eigenvalue weighted by Crippen LogP contribution is -2.47. The summed E-state index contributed by atoms with van der Waals surface area (Å²) in [4.78, 5) is 15.7. The Kier molecular flexibility index (Phi) is 9.65. The van der Waals surface area contributed by atoms with Gasteiger partial charge in [0.15, 0.2) is 0 Å². The second kappa shape index (κ2) is 13.2. The van der Waals surface area contributed by atoms with Gasteiger partial charge in [-0.25, -0.2) is 0 Å². The minimum absolute atomic E-state index is 0.0590. The zero-order chi connectivity index (χ0) is 27.4.